The van der Waals surface area contributed by atoms with E-state index in [9.17, 15) is 0 Å². The van der Waals surface area contributed by atoms with E-state index >= 15 is 0 Å². The van der Waals surface area contributed by atoms with Crippen molar-refractivity contribution in [1.29, 1.82) is 0 Å². The fraction of sp³-hybridized carbons (Fsp3) is 0.368. The normalized spacial score (nSPS) is 13.0. The van der Waals surface area contributed by atoms with E-state index in [-0.39, 0.29) is 11.5 Å². The van der Waals surface area contributed by atoms with Crippen LogP contribution in [-0.4, -0.2) is 0 Å². The lowest BCUT2D eigenvalue weighted by molar-refractivity contribution is 0.465. The first-order valence-electron chi connectivity index (χ1n) is 7.54. The summed E-state index contributed by atoms with van der Waals surface area (Å²) in [5, 5.41) is 0. The fourth-order valence-corrected chi connectivity index (χ4v) is 2.25. The Kier molecular flexibility index (Phi) is 4.69. The van der Waals surface area contributed by atoms with Gasteiger partial charge in [0.1, 0.15) is 11.5 Å². The highest BCUT2D eigenvalue weighted by Crippen LogP contribution is 2.32. The van der Waals surface area contributed by atoms with Gasteiger partial charge >= 0.3 is 0 Å². The molecule has 0 radical (unpaired) electrons. The van der Waals surface area contributed by atoms with Gasteiger partial charge in [0.25, 0.3) is 0 Å². The van der Waals surface area contributed by atoms with Crippen molar-refractivity contribution in [2.45, 2.75) is 45.6 Å². The monoisotopic (exact) mass is 283 g/mol. The number of benzene rings is 2. The molecule has 0 unspecified atom stereocenters. The Morgan fingerprint density at radius 1 is 1.05 bits per heavy atom. The van der Waals surface area contributed by atoms with Gasteiger partial charge in [-0.25, -0.2) is 0 Å². The molecule has 112 valence electrons. The van der Waals surface area contributed by atoms with E-state index in [2.05, 4.69) is 39.8 Å². The van der Waals surface area contributed by atoms with Gasteiger partial charge in [-0.3, -0.25) is 0 Å². The Balaban J connectivity index is 2.31. The Morgan fingerprint density at radius 3 is 2.43 bits per heavy atom. The highest BCUT2D eigenvalue weighted by molar-refractivity contribution is 5.41. The Morgan fingerprint density at radius 2 is 1.76 bits per heavy atom. The molecule has 0 fully saturated rings. The van der Waals surface area contributed by atoms with Crippen molar-refractivity contribution in [3.05, 3.63) is 59.7 Å². The van der Waals surface area contributed by atoms with E-state index in [1.54, 1.807) is 0 Å². The van der Waals surface area contributed by atoms with Crippen LogP contribution in [0.25, 0.3) is 0 Å². The van der Waals surface area contributed by atoms with Gasteiger partial charge in [0.15, 0.2) is 0 Å². The second kappa shape index (κ2) is 6.31. The maximum atomic E-state index is 6.17. The van der Waals surface area contributed by atoms with Gasteiger partial charge in [-0.05, 0) is 35.6 Å². The van der Waals surface area contributed by atoms with E-state index in [1.807, 2.05) is 36.4 Å². The molecule has 0 saturated heterocycles. The van der Waals surface area contributed by atoms with E-state index in [1.165, 1.54) is 5.56 Å². The first-order valence-corrected chi connectivity index (χ1v) is 7.54. The third-order valence-corrected chi connectivity index (χ3v) is 3.69. The van der Waals surface area contributed by atoms with Crippen LogP contribution in [0.3, 0.4) is 0 Å². The first kappa shape index (κ1) is 15.6. The Hall–Kier alpha value is -1.80. The van der Waals surface area contributed by atoms with Gasteiger partial charge in [-0.15, -0.1) is 0 Å². The van der Waals surface area contributed by atoms with Crippen LogP contribution >= 0.6 is 0 Å². The maximum Gasteiger partial charge on any atom is 0.132 e. The zero-order valence-corrected chi connectivity index (χ0v) is 13.4. The van der Waals surface area contributed by atoms with E-state index in [4.69, 9.17) is 10.5 Å². The predicted molar refractivity (Wildman–Crippen MR) is 88.9 cm³/mol. The molecule has 2 aromatic carbocycles. The van der Waals surface area contributed by atoms with Crippen LogP contribution in [0.4, 0.5) is 0 Å². The molecule has 0 saturated carbocycles. The summed E-state index contributed by atoms with van der Waals surface area (Å²) in [6.07, 6.45) is 0.891. The molecule has 0 heterocycles. The summed E-state index contributed by atoms with van der Waals surface area (Å²) in [4.78, 5) is 0. The molecular formula is C19H25NO. The molecule has 0 spiro atoms. The molecule has 2 rings (SSSR count). The highest BCUT2D eigenvalue weighted by Gasteiger charge is 2.15. The molecular weight excluding hydrogens is 258 g/mol. The quantitative estimate of drug-likeness (QED) is 0.838. The number of hydrogen-bond donors (Lipinski definition) is 1. The lowest BCUT2D eigenvalue weighted by Crippen LogP contribution is -2.11. The largest absolute Gasteiger partial charge is 0.457 e. The second-order valence-electron chi connectivity index (χ2n) is 6.43. The average molecular weight is 283 g/mol. The molecule has 2 N–H and O–H groups in total. The lowest BCUT2D eigenvalue weighted by atomic mass is 9.87. The summed E-state index contributed by atoms with van der Waals surface area (Å²) >= 11 is 0. The van der Waals surface area contributed by atoms with Crippen molar-refractivity contribution in [2.75, 3.05) is 0 Å². The predicted octanol–water partition coefficient (Wildman–Crippen LogP) is 5.19. The third-order valence-electron chi connectivity index (χ3n) is 3.69. The van der Waals surface area contributed by atoms with Crippen LogP contribution in [0.15, 0.2) is 48.5 Å². The molecule has 0 aliphatic heterocycles. The van der Waals surface area contributed by atoms with Crippen molar-refractivity contribution in [1.82, 2.24) is 0 Å². The zero-order chi connectivity index (χ0) is 15.5. The molecule has 2 aromatic rings. The highest BCUT2D eigenvalue weighted by atomic mass is 16.5. The summed E-state index contributed by atoms with van der Waals surface area (Å²) in [5.41, 5.74) is 8.60. The topological polar surface area (TPSA) is 35.2 Å². The molecule has 0 aromatic heterocycles. The molecule has 0 amide bonds. The average Bonchev–Trinajstić information content (AvgIpc) is 2.46. The minimum atomic E-state index is 0.00648. The van der Waals surface area contributed by atoms with Gasteiger partial charge in [0, 0.05) is 11.6 Å². The van der Waals surface area contributed by atoms with Gasteiger partial charge in [0.05, 0.1) is 0 Å². The first-order chi connectivity index (χ1) is 9.91. The minimum Gasteiger partial charge on any atom is -0.457 e. The summed E-state index contributed by atoms with van der Waals surface area (Å²) in [6.45, 7) is 8.69. The molecule has 0 aliphatic rings. The van der Waals surface area contributed by atoms with Crippen molar-refractivity contribution in [3.63, 3.8) is 0 Å². The summed E-state index contributed by atoms with van der Waals surface area (Å²) in [7, 11) is 0. The SMILES string of the molecule is CC[C@@H](N)c1ccccc1Oc1cccc(C(C)(C)C)c1. The lowest BCUT2D eigenvalue weighted by Gasteiger charge is -2.20. The molecule has 0 aliphatic carbocycles. The molecule has 2 heteroatoms. The Bertz CT molecular complexity index is 599. The minimum absolute atomic E-state index is 0.00648. The number of para-hydroxylation sites is 1. The van der Waals surface area contributed by atoms with Crippen molar-refractivity contribution in [3.8, 4) is 11.5 Å². The van der Waals surface area contributed by atoms with Crippen molar-refractivity contribution < 1.29 is 4.74 Å². The van der Waals surface area contributed by atoms with Crippen LogP contribution < -0.4 is 10.5 Å². The van der Waals surface area contributed by atoms with E-state index in [0.717, 1.165) is 23.5 Å². The van der Waals surface area contributed by atoms with Gasteiger partial charge in [-0.1, -0.05) is 58.0 Å². The fourth-order valence-electron chi connectivity index (χ4n) is 2.25. The standard InChI is InChI=1S/C19H25NO/c1-5-17(20)16-11-6-7-12-18(16)21-15-10-8-9-14(13-15)19(2,3)4/h6-13,17H,5,20H2,1-4H3/t17-/m1/s1. The Labute approximate surface area is 127 Å². The van der Waals surface area contributed by atoms with Crippen LogP contribution in [0, 0.1) is 0 Å². The smallest absolute Gasteiger partial charge is 0.132 e. The van der Waals surface area contributed by atoms with Crippen LogP contribution in [-0.2, 0) is 5.41 Å². The van der Waals surface area contributed by atoms with Gasteiger partial charge < -0.3 is 10.5 Å². The third kappa shape index (κ3) is 3.85. The summed E-state index contributed by atoms with van der Waals surface area (Å²) in [6, 6.07) is 16.3. The zero-order valence-electron chi connectivity index (χ0n) is 13.4. The molecule has 1 atom stereocenters. The number of rotatable bonds is 4. The summed E-state index contributed by atoms with van der Waals surface area (Å²) in [5.74, 6) is 1.70. The number of hydrogen-bond acceptors (Lipinski definition) is 2. The van der Waals surface area contributed by atoms with Crippen molar-refractivity contribution in [2.24, 2.45) is 5.73 Å². The molecule has 21 heavy (non-hydrogen) atoms. The van der Waals surface area contributed by atoms with Crippen LogP contribution in [0.2, 0.25) is 0 Å². The summed E-state index contributed by atoms with van der Waals surface area (Å²) < 4.78 is 6.09. The molecule has 0 bridgehead atoms. The van der Waals surface area contributed by atoms with Crippen molar-refractivity contribution >= 4 is 0 Å². The maximum absolute atomic E-state index is 6.17. The number of ether oxygens (including phenoxy) is 1. The number of nitrogens with two attached hydrogens (primary N) is 1. The van der Waals surface area contributed by atoms with Gasteiger partial charge in [0.2, 0.25) is 0 Å². The van der Waals surface area contributed by atoms with E-state index < -0.39 is 0 Å². The van der Waals surface area contributed by atoms with Crippen LogP contribution in [0.1, 0.15) is 51.3 Å². The van der Waals surface area contributed by atoms with E-state index in [0.29, 0.717) is 0 Å². The van der Waals surface area contributed by atoms with Crippen LogP contribution in [0.5, 0.6) is 11.5 Å². The molecule has 2 nitrogen and oxygen atoms in total. The van der Waals surface area contributed by atoms with Gasteiger partial charge in [-0.2, -0.15) is 0 Å². The second-order valence-corrected chi connectivity index (χ2v) is 6.43.